The lowest BCUT2D eigenvalue weighted by Gasteiger charge is -2.27. The molecule has 2 aromatic heterocycles. The molecule has 0 radical (unpaired) electrons. The van der Waals surface area contributed by atoms with Crippen LogP contribution < -0.4 is 15.5 Å². The molecule has 3 fully saturated rings. The van der Waals surface area contributed by atoms with Crippen molar-refractivity contribution < 1.29 is 27.4 Å². The third kappa shape index (κ3) is 4.65. The Balaban J connectivity index is 1.15. The van der Waals surface area contributed by atoms with Crippen LogP contribution in [0.25, 0.3) is 0 Å². The first-order valence-corrected chi connectivity index (χ1v) is 12.9. The number of imidazole rings is 1. The predicted octanol–water partition coefficient (Wildman–Crippen LogP) is 3.35. The first kappa shape index (κ1) is 25.5. The molecule has 13 heteroatoms. The summed E-state index contributed by atoms with van der Waals surface area (Å²) in [5, 5.41) is 6.83. The van der Waals surface area contributed by atoms with Gasteiger partial charge in [0, 0.05) is 38.4 Å². The minimum Gasteiger partial charge on any atom is -0.384 e. The second-order valence-electron chi connectivity index (χ2n) is 10.8. The van der Waals surface area contributed by atoms with E-state index in [2.05, 4.69) is 25.2 Å². The summed E-state index contributed by atoms with van der Waals surface area (Å²) < 4.78 is 58.8. The van der Waals surface area contributed by atoms with Gasteiger partial charge in [-0.3, -0.25) is 5.32 Å². The molecule has 206 valence electrons. The van der Waals surface area contributed by atoms with Gasteiger partial charge in [0.2, 0.25) is 0 Å². The van der Waals surface area contributed by atoms with Crippen LogP contribution >= 0.6 is 0 Å². The monoisotopic (exact) mass is 535 g/mol. The third-order valence-electron chi connectivity index (χ3n) is 7.78. The molecule has 38 heavy (non-hydrogen) atoms. The van der Waals surface area contributed by atoms with E-state index in [1.54, 1.807) is 13.4 Å². The summed E-state index contributed by atoms with van der Waals surface area (Å²) in [6.45, 7) is 5.76. The van der Waals surface area contributed by atoms with Gasteiger partial charge in [0.05, 0.1) is 37.0 Å². The maximum absolute atomic E-state index is 12.9. The molecular weight excluding hydrogens is 503 g/mol. The van der Waals surface area contributed by atoms with Gasteiger partial charge in [-0.2, -0.15) is 13.2 Å². The Hall–Kier alpha value is -2.74. The highest BCUT2D eigenvalue weighted by atomic mass is 19.4. The van der Waals surface area contributed by atoms with Crippen LogP contribution in [0.15, 0.2) is 29.6 Å². The van der Waals surface area contributed by atoms with Crippen LogP contribution in [0.5, 0.6) is 0 Å². The van der Waals surface area contributed by atoms with Gasteiger partial charge in [-0.15, -0.1) is 0 Å². The fourth-order valence-electron chi connectivity index (χ4n) is 6.12. The van der Waals surface area contributed by atoms with Crippen LogP contribution in [0.1, 0.15) is 50.2 Å². The molecule has 0 bridgehead atoms. The molecule has 6 rings (SSSR count). The standard InChI is InChI=1S/C25H32F3N7O3/c1-24(2)37-20-14(11-36-3)8-17(21(20)38-24)35-13-32-19-22(30-12-31-23(19)35)33-16-6-7-34(10-16)18-5-4-15(9-29-18)25(26,27)28/h4-5,9,12-14,16-17,20-22,33H,6-8,10-11H2,1-3H3,(H,30,31)/t14-,16+,17-,20-,21+,22?/m1/s1. The number of nitrogens with one attached hydrogen (secondary N) is 2. The molecule has 0 aromatic carbocycles. The lowest BCUT2D eigenvalue weighted by atomic mass is 10.1. The van der Waals surface area contributed by atoms with Crippen LogP contribution in [-0.4, -0.2) is 71.7 Å². The summed E-state index contributed by atoms with van der Waals surface area (Å²) in [4.78, 5) is 15.3. The Morgan fingerprint density at radius 3 is 2.76 bits per heavy atom. The predicted molar refractivity (Wildman–Crippen MR) is 133 cm³/mol. The SMILES string of the molecule is COC[C@H]1C[C@@H](n2cnc3c2NC=NC3N[C@H]2CCN(c3ccc(C(F)(F)F)cn3)C2)[C@@H]2OC(C)(C)O[C@H]12. The Bertz CT molecular complexity index is 1190. The quantitative estimate of drug-likeness (QED) is 0.582. The Morgan fingerprint density at radius 1 is 1.21 bits per heavy atom. The van der Waals surface area contributed by atoms with Crippen LogP contribution in [0.2, 0.25) is 0 Å². The summed E-state index contributed by atoms with van der Waals surface area (Å²) in [5.41, 5.74) is 0.0473. The van der Waals surface area contributed by atoms with Crippen molar-refractivity contribution in [1.82, 2.24) is 19.9 Å². The molecule has 2 N–H and O–H groups in total. The minimum atomic E-state index is -4.40. The number of nitrogens with zero attached hydrogens (tertiary/aromatic N) is 5. The number of halogens is 3. The van der Waals surface area contributed by atoms with Gasteiger partial charge in [-0.05, 0) is 38.8 Å². The molecule has 1 aliphatic carbocycles. The molecule has 0 spiro atoms. The fraction of sp³-hybridized carbons (Fsp3) is 0.640. The normalized spacial score (nSPS) is 31.9. The van der Waals surface area contributed by atoms with E-state index >= 15 is 0 Å². The van der Waals surface area contributed by atoms with E-state index in [4.69, 9.17) is 19.2 Å². The van der Waals surface area contributed by atoms with Crippen LogP contribution in [-0.2, 0) is 20.4 Å². The molecule has 0 amide bonds. The maximum atomic E-state index is 12.9. The van der Waals surface area contributed by atoms with E-state index < -0.39 is 17.5 Å². The van der Waals surface area contributed by atoms with E-state index in [9.17, 15) is 13.2 Å². The van der Waals surface area contributed by atoms with Crippen molar-refractivity contribution in [2.45, 2.75) is 69.1 Å². The number of anilines is 2. The zero-order valence-electron chi connectivity index (χ0n) is 21.5. The Kier molecular flexibility index (Phi) is 6.36. The van der Waals surface area contributed by atoms with Crippen molar-refractivity contribution in [1.29, 1.82) is 0 Å². The van der Waals surface area contributed by atoms with Gasteiger partial charge in [0.15, 0.2) is 5.79 Å². The second-order valence-corrected chi connectivity index (χ2v) is 10.8. The van der Waals surface area contributed by atoms with Crippen LogP contribution in [0.4, 0.5) is 24.8 Å². The number of alkyl halides is 3. The van der Waals surface area contributed by atoms with Gasteiger partial charge >= 0.3 is 6.18 Å². The van der Waals surface area contributed by atoms with Gasteiger partial charge in [0.25, 0.3) is 0 Å². The number of rotatable bonds is 6. The molecule has 1 unspecified atom stereocenters. The summed E-state index contributed by atoms with van der Waals surface area (Å²) in [6, 6.07) is 2.61. The highest BCUT2D eigenvalue weighted by molar-refractivity contribution is 5.78. The molecule has 3 aliphatic heterocycles. The van der Waals surface area contributed by atoms with Gasteiger partial charge in [-0.25, -0.2) is 15.0 Å². The van der Waals surface area contributed by atoms with Gasteiger partial charge in [-0.1, -0.05) is 0 Å². The molecule has 10 nitrogen and oxygen atoms in total. The topological polar surface area (TPSA) is 98.1 Å². The zero-order valence-corrected chi connectivity index (χ0v) is 21.5. The van der Waals surface area contributed by atoms with Crippen molar-refractivity contribution in [3.8, 4) is 0 Å². The Labute approximate surface area is 218 Å². The highest BCUT2D eigenvalue weighted by Crippen LogP contribution is 2.48. The summed E-state index contributed by atoms with van der Waals surface area (Å²) in [7, 11) is 1.70. The zero-order chi connectivity index (χ0) is 26.7. The number of aliphatic imine (C=N–C) groups is 1. The number of fused-ring (bicyclic) bond motifs is 2. The molecule has 1 saturated carbocycles. The van der Waals surface area contributed by atoms with E-state index in [1.807, 2.05) is 25.1 Å². The molecule has 2 aromatic rings. The molecular formula is C25H32F3N7O3. The molecule has 5 heterocycles. The highest BCUT2D eigenvalue weighted by Gasteiger charge is 2.55. The number of pyridine rings is 1. The summed E-state index contributed by atoms with van der Waals surface area (Å²) >= 11 is 0. The fourth-order valence-corrected chi connectivity index (χ4v) is 6.12. The summed E-state index contributed by atoms with van der Waals surface area (Å²) in [5.74, 6) is 0.955. The van der Waals surface area contributed by atoms with E-state index in [0.717, 1.165) is 36.6 Å². The van der Waals surface area contributed by atoms with Gasteiger partial charge < -0.3 is 29.0 Å². The second kappa shape index (κ2) is 9.47. The first-order valence-electron chi connectivity index (χ1n) is 12.9. The van der Waals surface area contributed by atoms with Crippen LogP contribution in [0.3, 0.4) is 0 Å². The van der Waals surface area contributed by atoms with Crippen molar-refractivity contribution in [2.75, 3.05) is 37.0 Å². The molecule has 6 atom stereocenters. The number of hydrogen-bond acceptors (Lipinski definition) is 9. The number of aromatic nitrogens is 3. The molecule has 4 aliphatic rings. The number of methoxy groups -OCH3 is 1. The average molecular weight is 536 g/mol. The maximum Gasteiger partial charge on any atom is 0.417 e. The molecule has 2 saturated heterocycles. The number of hydrogen-bond donors (Lipinski definition) is 2. The van der Waals surface area contributed by atoms with Gasteiger partial charge in [0.1, 0.15) is 29.6 Å². The van der Waals surface area contributed by atoms with Crippen molar-refractivity contribution in [3.05, 3.63) is 35.9 Å². The minimum absolute atomic E-state index is 0.0329. The first-order chi connectivity index (χ1) is 18.1. The average Bonchev–Trinajstić information content (AvgIpc) is 3.63. The third-order valence-corrected chi connectivity index (χ3v) is 7.78. The summed E-state index contributed by atoms with van der Waals surface area (Å²) in [6.07, 6.45) is 1.14. The smallest absolute Gasteiger partial charge is 0.384 e. The van der Waals surface area contributed by atoms with Crippen LogP contribution in [0, 0.1) is 5.92 Å². The van der Waals surface area contributed by atoms with Crippen molar-refractivity contribution in [3.63, 3.8) is 0 Å². The largest absolute Gasteiger partial charge is 0.417 e. The van der Waals surface area contributed by atoms with Crippen molar-refractivity contribution in [2.24, 2.45) is 10.9 Å². The Morgan fingerprint density at radius 2 is 2.03 bits per heavy atom. The van der Waals surface area contributed by atoms with Crippen molar-refractivity contribution >= 4 is 18.0 Å². The van der Waals surface area contributed by atoms with E-state index in [-0.39, 0.29) is 36.4 Å². The number of ether oxygens (including phenoxy) is 3. The van der Waals surface area contributed by atoms with E-state index in [0.29, 0.717) is 25.5 Å². The van der Waals surface area contributed by atoms with E-state index in [1.165, 1.54) is 6.07 Å². The lowest BCUT2D eigenvalue weighted by molar-refractivity contribution is -0.162. The lowest BCUT2D eigenvalue weighted by Crippen LogP contribution is -2.36.